The molecule has 7 nitrogen and oxygen atoms in total. The second kappa shape index (κ2) is 13.6. The molecule has 3 N–H and O–H groups in total. The highest BCUT2D eigenvalue weighted by Gasteiger charge is 2.24. The number of rotatable bonds is 10. The summed E-state index contributed by atoms with van der Waals surface area (Å²) < 4.78 is 0. The number of likely N-dealkylation sites (tertiary alicyclic amines) is 1. The number of hydrogen-bond donors (Lipinski definition) is 2. The van der Waals surface area contributed by atoms with Crippen molar-refractivity contribution in [3.63, 3.8) is 0 Å². The van der Waals surface area contributed by atoms with E-state index >= 15 is 0 Å². The quantitative estimate of drug-likeness (QED) is 0.301. The van der Waals surface area contributed by atoms with Crippen molar-refractivity contribution in [2.24, 2.45) is 10.7 Å². The zero-order valence-electron chi connectivity index (χ0n) is 24.7. The summed E-state index contributed by atoms with van der Waals surface area (Å²) in [7, 11) is 0. The third-order valence-corrected chi connectivity index (χ3v) is 7.97. The topological polar surface area (TPSA) is 91.0 Å². The van der Waals surface area contributed by atoms with Gasteiger partial charge in [0.25, 0.3) is 5.91 Å². The molecule has 42 heavy (non-hydrogen) atoms. The number of anilines is 1. The lowest BCUT2D eigenvalue weighted by Crippen LogP contribution is -2.34. The van der Waals surface area contributed by atoms with Crippen molar-refractivity contribution in [3.8, 4) is 0 Å². The average Bonchev–Trinajstić information content (AvgIpc) is 3.38. The fraction of sp³-hybridized carbons (Fsp3) is 0.343. The van der Waals surface area contributed by atoms with Gasteiger partial charge in [0, 0.05) is 55.0 Å². The van der Waals surface area contributed by atoms with E-state index in [1.54, 1.807) is 12.1 Å². The maximum atomic E-state index is 13.2. The zero-order chi connectivity index (χ0) is 29.5. The summed E-state index contributed by atoms with van der Waals surface area (Å²) in [5.74, 6) is 0.642. The van der Waals surface area contributed by atoms with Gasteiger partial charge >= 0.3 is 0 Å². The van der Waals surface area contributed by atoms with Gasteiger partial charge in [0.1, 0.15) is 5.84 Å². The van der Waals surface area contributed by atoms with Crippen LogP contribution < -0.4 is 11.1 Å². The normalized spacial score (nSPS) is 16.7. The Morgan fingerprint density at radius 3 is 2.45 bits per heavy atom. The van der Waals surface area contributed by atoms with E-state index in [4.69, 9.17) is 5.73 Å². The number of amidine groups is 1. The van der Waals surface area contributed by atoms with Crippen molar-refractivity contribution in [2.45, 2.75) is 52.0 Å². The first-order chi connectivity index (χ1) is 20.4. The lowest BCUT2D eigenvalue weighted by atomic mass is 9.98. The molecule has 3 aromatic rings. The number of nitrogens with one attached hydrogen (secondary N) is 1. The predicted molar refractivity (Wildman–Crippen MR) is 171 cm³/mol. The summed E-state index contributed by atoms with van der Waals surface area (Å²) in [6.07, 6.45) is 5.08. The number of nitrogens with zero attached hydrogens (tertiary/aromatic N) is 3. The molecule has 1 saturated heterocycles. The van der Waals surface area contributed by atoms with E-state index in [9.17, 15) is 9.59 Å². The summed E-state index contributed by atoms with van der Waals surface area (Å²) >= 11 is 0. The maximum Gasteiger partial charge on any atom is 0.255 e. The molecule has 2 amide bonds. The number of nitrogens with two attached hydrogens (primary N) is 1. The van der Waals surface area contributed by atoms with Gasteiger partial charge in [-0.05, 0) is 73.2 Å². The first kappa shape index (κ1) is 29.3. The third-order valence-electron chi connectivity index (χ3n) is 7.97. The minimum atomic E-state index is -0.212. The molecule has 1 atom stereocenters. The number of fused-ring (bicyclic) bond motifs is 1. The van der Waals surface area contributed by atoms with Crippen LogP contribution >= 0.6 is 0 Å². The van der Waals surface area contributed by atoms with Gasteiger partial charge in [0.2, 0.25) is 5.91 Å². The van der Waals surface area contributed by atoms with Gasteiger partial charge in [0.05, 0.1) is 5.69 Å². The summed E-state index contributed by atoms with van der Waals surface area (Å²) in [6.45, 7) is 8.66. The molecule has 0 aliphatic carbocycles. The second-order valence-electron chi connectivity index (χ2n) is 11.3. The Morgan fingerprint density at radius 1 is 1.00 bits per heavy atom. The Bertz CT molecular complexity index is 1460. The Kier molecular flexibility index (Phi) is 9.49. The monoisotopic (exact) mass is 563 g/mol. The van der Waals surface area contributed by atoms with Gasteiger partial charge in [-0.25, -0.2) is 4.99 Å². The van der Waals surface area contributed by atoms with E-state index in [-0.39, 0.29) is 18.2 Å². The van der Waals surface area contributed by atoms with Gasteiger partial charge in [-0.2, -0.15) is 0 Å². The summed E-state index contributed by atoms with van der Waals surface area (Å²) in [5.41, 5.74) is 12.1. The molecule has 2 aliphatic rings. The van der Waals surface area contributed by atoms with Crippen LogP contribution in [-0.4, -0.2) is 53.6 Å². The smallest absolute Gasteiger partial charge is 0.255 e. The van der Waals surface area contributed by atoms with Crippen molar-refractivity contribution in [1.29, 1.82) is 0 Å². The standard InChI is InChI=1S/C35H41N5O2/c1-3-17-40(18-4-2)35(42)30-20-27-10-11-28(21-32(27)38-33(36)22-30)34(41)37-31-14-12-26(13-15-31)29-16-19-39(24-29)23-25-8-6-5-7-9-25/h5-15,20-21,29H,3-4,16-19,22-24H2,1-2H3,(H2,36,38)(H,37,41). The van der Waals surface area contributed by atoms with Crippen LogP contribution in [0, 0.1) is 0 Å². The number of hydrogen-bond acceptors (Lipinski definition) is 5. The van der Waals surface area contributed by atoms with Crippen molar-refractivity contribution >= 4 is 35.1 Å². The first-order valence-corrected chi connectivity index (χ1v) is 15.1. The Labute approximate surface area is 249 Å². The van der Waals surface area contributed by atoms with Gasteiger partial charge < -0.3 is 16.0 Å². The summed E-state index contributed by atoms with van der Waals surface area (Å²) in [5, 5.41) is 3.02. The van der Waals surface area contributed by atoms with Crippen LogP contribution in [0.25, 0.3) is 6.08 Å². The fourth-order valence-electron chi connectivity index (χ4n) is 5.86. The predicted octanol–water partition coefficient (Wildman–Crippen LogP) is 6.35. The molecule has 2 heterocycles. The fourth-order valence-corrected chi connectivity index (χ4v) is 5.86. The van der Waals surface area contributed by atoms with E-state index < -0.39 is 0 Å². The largest absolute Gasteiger partial charge is 0.387 e. The second-order valence-corrected chi connectivity index (χ2v) is 11.3. The van der Waals surface area contributed by atoms with Crippen LogP contribution in [0.5, 0.6) is 0 Å². The van der Waals surface area contributed by atoms with Crippen LogP contribution in [0.3, 0.4) is 0 Å². The summed E-state index contributed by atoms with van der Waals surface area (Å²) in [4.78, 5) is 35.3. The van der Waals surface area contributed by atoms with Crippen LogP contribution in [0.15, 0.2) is 83.4 Å². The molecule has 1 unspecified atom stereocenters. The minimum Gasteiger partial charge on any atom is -0.387 e. The lowest BCUT2D eigenvalue weighted by molar-refractivity contribution is -0.127. The molecule has 0 bridgehead atoms. The van der Waals surface area contributed by atoms with E-state index in [1.165, 1.54) is 11.1 Å². The SMILES string of the molecule is CCCN(CCC)C(=O)C1=Cc2ccc(C(=O)Nc3ccc(C4CCN(Cc5ccccc5)C4)cc3)cc2N=C(N)C1. The number of carbonyl (C=O) groups is 2. The maximum absolute atomic E-state index is 13.2. The highest BCUT2D eigenvalue weighted by molar-refractivity contribution is 6.07. The van der Waals surface area contributed by atoms with Gasteiger partial charge in [-0.15, -0.1) is 0 Å². The molecule has 7 heteroatoms. The van der Waals surface area contributed by atoms with Gasteiger partial charge in [0.15, 0.2) is 0 Å². The van der Waals surface area contributed by atoms with E-state index in [0.29, 0.717) is 41.7 Å². The highest BCUT2D eigenvalue weighted by atomic mass is 16.2. The molecule has 2 aliphatic heterocycles. The molecule has 0 aromatic heterocycles. The average molecular weight is 564 g/mol. The minimum absolute atomic E-state index is 0.00327. The van der Waals surface area contributed by atoms with Crippen molar-refractivity contribution in [1.82, 2.24) is 9.80 Å². The van der Waals surface area contributed by atoms with E-state index in [1.807, 2.05) is 29.2 Å². The molecule has 0 saturated carbocycles. The van der Waals surface area contributed by atoms with E-state index in [0.717, 1.165) is 50.1 Å². The Morgan fingerprint density at radius 2 is 1.74 bits per heavy atom. The lowest BCUT2D eigenvalue weighted by Gasteiger charge is -2.22. The zero-order valence-corrected chi connectivity index (χ0v) is 24.7. The van der Waals surface area contributed by atoms with Crippen LogP contribution in [0.2, 0.25) is 0 Å². The van der Waals surface area contributed by atoms with Crippen LogP contribution in [0.1, 0.15) is 72.5 Å². The van der Waals surface area contributed by atoms with Crippen LogP contribution in [-0.2, 0) is 11.3 Å². The number of aliphatic imine (C=N–C) groups is 1. The summed E-state index contributed by atoms with van der Waals surface area (Å²) in [6, 6.07) is 24.2. The molecule has 1 fully saturated rings. The van der Waals surface area contributed by atoms with Crippen LogP contribution in [0.4, 0.5) is 11.4 Å². The molecular weight excluding hydrogens is 522 g/mol. The molecule has 5 rings (SSSR count). The molecular formula is C35H41N5O2. The third kappa shape index (κ3) is 7.15. The highest BCUT2D eigenvalue weighted by Crippen LogP contribution is 2.31. The number of benzene rings is 3. The van der Waals surface area contributed by atoms with E-state index in [2.05, 4.69) is 71.5 Å². The first-order valence-electron chi connectivity index (χ1n) is 15.1. The molecule has 3 aromatic carbocycles. The van der Waals surface area contributed by atoms with Crippen molar-refractivity contribution in [3.05, 3.63) is 101 Å². The Balaban J connectivity index is 1.23. The molecule has 0 spiro atoms. The number of carbonyl (C=O) groups excluding carboxylic acids is 2. The number of amides is 2. The van der Waals surface area contributed by atoms with Crippen molar-refractivity contribution < 1.29 is 9.59 Å². The molecule has 218 valence electrons. The molecule has 0 radical (unpaired) electrons. The van der Waals surface area contributed by atoms with Gasteiger partial charge in [-0.1, -0.05) is 62.4 Å². The van der Waals surface area contributed by atoms with Gasteiger partial charge in [-0.3, -0.25) is 14.5 Å². The van der Waals surface area contributed by atoms with Crippen molar-refractivity contribution in [2.75, 3.05) is 31.5 Å². The Hall–Kier alpha value is -4.23.